The molecule has 2 bridgehead atoms. The van der Waals surface area contributed by atoms with Crippen LogP contribution in [0, 0.1) is 25.7 Å². The van der Waals surface area contributed by atoms with E-state index < -0.39 is 29.5 Å². The highest BCUT2D eigenvalue weighted by atomic mass is 16.5. The van der Waals surface area contributed by atoms with E-state index in [1.807, 2.05) is 39.0 Å². The van der Waals surface area contributed by atoms with Crippen LogP contribution in [0.5, 0.6) is 0 Å². The number of amides is 3. The third-order valence-corrected chi connectivity index (χ3v) is 7.34. The number of aryl methyl sites for hydroxylation is 2. The van der Waals surface area contributed by atoms with Crippen molar-refractivity contribution in [3.8, 4) is 0 Å². The molecule has 1 aromatic rings. The van der Waals surface area contributed by atoms with Crippen LogP contribution in [-0.4, -0.2) is 65.2 Å². The van der Waals surface area contributed by atoms with E-state index >= 15 is 0 Å². The number of carbonyl (C=O) groups is 3. The Balaban J connectivity index is 1.77. The van der Waals surface area contributed by atoms with E-state index in [1.165, 1.54) is 4.90 Å². The number of aliphatic hydroxyl groups excluding tert-OH is 1. The van der Waals surface area contributed by atoms with Gasteiger partial charge >= 0.3 is 0 Å². The van der Waals surface area contributed by atoms with E-state index in [0.29, 0.717) is 24.9 Å². The zero-order valence-electron chi connectivity index (χ0n) is 18.5. The first-order valence-corrected chi connectivity index (χ1v) is 11.0. The molecule has 2 unspecified atom stereocenters. The fourth-order valence-corrected chi connectivity index (χ4v) is 5.87. The Kier molecular flexibility index (Phi) is 5.55. The Labute approximate surface area is 182 Å². The van der Waals surface area contributed by atoms with Crippen molar-refractivity contribution in [1.82, 2.24) is 10.2 Å². The number of rotatable bonds is 6. The molecule has 1 aromatic carbocycles. The van der Waals surface area contributed by atoms with Crippen molar-refractivity contribution >= 4 is 23.4 Å². The van der Waals surface area contributed by atoms with Crippen LogP contribution in [0.25, 0.3) is 0 Å². The molecule has 3 amide bonds. The molecule has 8 nitrogen and oxygen atoms in total. The van der Waals surface area contributed by atoms with Gasteiger partial charge in [-0.25, -0.2) is 0 Å². The number of hydrogen-bond donors (Lipinski definition) is 3. The molecule has 4 rings (SSSR count). The van der Waals surface area contributed by atoms with E-state index in [2.05, 4.69) is 10.6 Å². The van der Waals surface area contributed by atoms with Crippen LogP contribution < -0.4 is 10.6 Å². The van der Waals surface area contributed by atoms with Gasteiger partial charge in [0.05, 0.1) is 30.6 Å². The second kappa shape index (κ2) is 7.91. The van der Waals surface area contributed by atoms with E-state index in [1.54, 1.807) is 7.05 Å². The summed E-state index contributed by atoms with van der Waals surface area (Å²) >= 11 is 0. The SMILES string of the molecule is CC[C@@H](CO)N1C(=O)[C@@H]2[C@@H](C(=O)NC)[C@H]3CCC2(O3)C1C(=O)Nc1c(C)cccc1C. The van der Waals surface area contributed by atoms with Crippen molar-refractivity contribution in [1.29, 1.82) is 0 Å². The maximum atomic E-state index is 13.7. The van der Waals surface area contributed by atoms with E-state index in [-0.39, 0.29) is 30.4 Å². The topological polar surface area (TPSA) is 108 Å². The van der Waals surface area contributed by atoms with Crippen molar-refractivity contribution in [2.24, 2.45) is 11.8 Å². The Hall–Kier alpha value is -2.45. The first kappa shape index (κ1) is 21.8. The van der Waals surface area contributed by atoms with Gasteiger partial charge < -0.3 is 25.4 Å². The van der Waals surface area contributed by atoms with Crippen molar-refractivity contribution in [2.75, 3.05) is 19.0 Å². The summed E-state index contributed by atoms with van der Waals surface area (Å²) in [6.45, 7) is 5.45. The summed E-state index contributed by atoms with van der Waals surface area (Å²) in [6, 6.07) is 4.34. The maximum absolute atomic E-state index is 13.7. The first-order valence-electron chi connectivity index (χ1n) is 11.0. The summed E-state index contributed by atoms with van der Waals surface area (Å²) < 4.78 is 6.33. The second-order valence-electron chi connectivity index (χ2n) is 8.92. The van der Waals surface area contributed by atoms with Crippen molar-refractivity contribution < 1.29 is 24.2 Å². The van der Waals surface area contributed by atoms with Crippen LogP contribution in [0.1, 0.15) is 37.3 Å². The number of anilines is 1. The molecule has 8 heteroatoms. The first-order chi connectivity index (χ1) is 14.8. The summed E-state index contributed by atoms with van der Waals surface area (Å²) in [6.07, 6.45) is 1.27. The lowest BCUT2D eigenvalue weighted by molar-refractivity contribution is -0.144. The van der Waals surface area contributed by atoms with Crippen molar-refractivity contribution in [3.63, 3.8) is 0 Å². The molecule has 3 saturated heterocycles. The molecule has 168 valence electrons. The van der Waals surface area contributed by atoms with Crippen LogP contribution in [0.15, 0.2) is 18.2 Å². The van der Waals surface area contributed by atoms with Crippen LogP contribution in [0.2, 0.25) is 0 Å². The average molecular weight is 430 g/mol. The predicted octanol–water partition coefficient (Wildman–Crippen LogP) is 1.13. The quantitative estimate of drug-likeness (QED) is 0.628. The van der Waals surface area contributed by atoms with Gasteiger partial charge in [0.15, 0.2) is 0 Å². The molecule has 3 aliphatic heterocycles. The highest BCUT2D eigenvalue weighted by molar-refractivity contribution is 6.04. The minimum Gasteiger partial charge on any atom is -0.394 e. The lowest BCUT2D eigenvalue weighted by atomic mass is 9.70. The molecule has 6 atom stereocenters. The smallest absolute Gasteiger partial charge is 0.250 e. The third kappa shape index (κ3) is 3.07. The zero-order chi connectivity index (χ0) is 22.5. The second-order valence-corrected chi connectivity index (χ2v) is 8.92. The number of para-hydroxylation sites is 1. The molecule has 3 fully saturated rings. The Morgan fingerprint density at radius 3 is 2.55 bits per heavy atom. The van der Waals surface area contributed by atoms with Crippen molar-refractivity contribution in [2.45, 2.75) is 63.8 Å². The van der Waals surface area contributed by atoms with Gasteiger partial charge in [0.2, 0.25) is 17.7 Å². The van der Waals surface area contributed by atoms with Gasteiger partial charge in [0, 0.05) is 12.7 Å². The van der Waals surface area contributed by atoms with Gasteiger partial charge in [-0.2, -0.15) is 0 Å². The number of likely N-dealkylation sites (tertiary alicyclic amines) is 1. The molecular weight excluding hydrogens is 398 g/mol. The standard InChI is InChI=1S/C23H31N3O5/c1-5-14(11-27)26-19(21(29)25-18-12(2)7-6-8-13(18)3)23-10-9-15(31-23)16(20(28)24-4)17(23)22(26)30/h6-8,14-17,19,27H,5,9-11H2,1-4H3,(H,24,28)(H,25,29)/t14-,15+,16-,17-,19?,23?/m0/s1. The summed E-state index contributed by atoms with van der Waals surface area (Å²) in [5, 5.41) is 15.7. The Morgan fingerprint density at radius 2 is 1.97 bits per heavy atom. The zero-order valence-corrected chi connectivity index (χ0v) is 18.5. The fourth-order valence-electron chi connectivity index (χ4n) is 5.87. The summed E-state index contributed by atoms with van der Waals surface area (Å²) in [5.74, 6) is -2.20. The molecule has 3 heterocycles. The molecule has 0 radical (unpaired) electrons. The molecule has 0 saturated carbocycles. The summed E-state index contributed by atoms with van der Waals surface area (Å²) in [7, 11) is 1.55. The number of nitrogens with one attached hydrogen (secondary N) is 2. The lowest BCUT2D eigenvalue weighted by Gasteiger charge is -2.36. The number of nitrogens with zero attached hydrogens (tertiary/aromatic N) is 1. The van der Waals surface area contributed by atoms with Gasteiger partial charge in [0.25, 0.3) is 0 Å². The lowest BCUT2D eigenvalue weighted by Crippen LogP contribution is -2.56. The van der Waals surface area contributed by atoms with Gasteiger partial charge in [-0.1, -0.05) is 25.1 Å². The number of ether oxygens (including phenoxy) is 1. The highest BCUT2D eigenvalue weighted by Crippen LogP contribution is 2.58. The maximum Gasteiger partial charge on any atom is 0.250 e. The molecule has 1 spiro atoms. The largest absolute Gasteiger partial charge is 0.394 e. The minimum absolute atomic E-state index is 0.238. The Bertz CT molecular complexity index is 894. The van der Waals surface area contributed by atoms with Crippen molar-refractivity contribution in [3.05, 3.63) is 29.3 Å². The predicted molar refractivity (Wildman–Crippen MR) is 114 cm³/mol. The highest BCUT2D eigenvalue weighted by Gasteiger charge is 2.74. The van der Waals surface area contributed by atoms with E-state index in [9.17, 15) is 19.5 Å². The third-order valence-electron chi connectivity index (χ3n) is 7.34. The van der Waals surface area contributed by atoms with E-state index in [0.717, 1.165) is 11.1 Å². The number of aliphatic hydroxyl groups is 1. The van der Waals surface area contributed by atoms with E-state index in [4.69, 9.17) is 4.74 Å². The number of hydrogen-bond acceptors (Lipinski definition) is 5. The Morgan fingerprint density at radius 1 is 1.29 bits per heavy atom. The van der Waals surface area contributed by atoms with Crippen LogP contribution in [0.4, 0.5) is 5.69 Å². The van der Waals surface area contributed by atoms with Gasteiger partial charge in [-0.3, -0.25) is 14.4 Å². The van der Waals surface area contributed by atoms with Gasteiger partial charge in [0.1, 0.15) is 11.6 Å². The molecular formula is C23H31N3O5. The summed E-state index contributed by atoms with van der Waals surface area (Å²) in [5.41, 5.74) is 1.51. The fraction of sp³-hybridized carbons (Fsp3) is 0.609. The molecule has 31 heavy (non-hydrogen) atoms. The summed E-state index contributed by atoms with van der Waals surface area (Å²) in [4.78, 5) is 41.5. The minimum atomic E-state index is -1.05. The average Bonchev–Trinajstić information content (AvgIpc) is 3.39. The number of fused-ring (bicyclic) bond motifs is 1. The molecule has 0 aliphatic carbocycles. The normalized spacial score (nSPS) is 32.2. The molecule has 3 N–H and O–H groups in total. The van der Waals surface area contributed by atoms with Crippen LogP contribution in [0.3, 0.4) is 0 Å². The number of benzene rings is 1. The van der Waals surface area contributed by atoms with Gasteiger partial charge in [-0.05, 0) is 44.2 Å². The van der Waals surface area contributed by atoms with Gasteiger partial charge in [-0.15, -0.1) is 0 Å². The number of carbonyl (C=O) groups excluding carboxylic acids is 3. The monoisotopic (exact) mass is 429 g/mol. The molecule has 0 aromatic heterocycles. The van der Waals surface area contributed by atoms with Crippen LogP contribution in [-0.2, 0) is 19.1 Å². The van der Waals surface area contributed by atoms with Crippen LogP contribution >= 0.6 is 0 Å². The molecule has 3 aliphatic rings.